The molecule has 2 aromatic carbocycles. The zero-order valence-corrected chi connectivity index (χ0v) is 16.6. The van der Waals surface area contributed by atoms with Crippen LogP contribution in [-0.2, 0) is 16.0 Å². The summed E-state index contributed by atoms with van der Waals surface area (Å²) in [6.45, 7) is 2.53. The molecule has 1 N–H and O–H groups in total. The number of aryl methyl sites for hydroxylation is 1. The van der Waals surface area contributed by atoms with Gasteiger partial charge in [0.25, 0.3) is 5.91 Å². The van der Waals surface area contributed by atoms with Gasteiger partial charge in [-0.25, -0.2) is 0 Å². The van der Waals surface area contributed by atoms with E-state index in [1.165, 1.54) is 10.5 Å². The maximum absolute atomic E-state index is 12.6. The third-order valence-corrected chi connectivity index (χ3v) is 5.00. The van der Waals surface area contributed by atoms with Crippen molar-refractivity contribution in [2.45, 2.75) is 19.4 Å². The van der Waals surface area contributed by atoms with Crippen LogP contribution in [0.4, 0.5) is 5.69 Å². The number of ether oxygens (including phenoxy) is 1. The number of nitrogens with one attached hydrogen (secondary N) is 1. The van der Waals surface area contributed by atoms with Crippen LogP contribution >= 0.6 is 0 Å². The molecular weight excluding hydrogens is 354 g/mol. The molecule has 0 aromatic heterocycles. The number of benzene rings is 2. The SMILES string of the molecule is CCc1ccc([C@@H](CNC(=O)CN2C(=O)COc3ccccc32)N(C)C)cc1. The summed E-state index contributed by atoms with van der Waals surface area (Å²) in [7, 11) is 3.98. The maximum Gasteiger partial charge on any atom is 0.265 e. The summed E-state index contributed by atoms with van der Waals surface area (Å²) in [5, 5.41) is 2.97. The van der Waals surface area contributed by atoms with Crippen LogP contribution in [0.1, 0.15) is 24.1 Å². The Kier molecular flexibility index (Phi) is 6.31. The zero-order chi connectivity index (χ0) is 20.1. The van der Waals surface area contributed by atoms with Crippen molar-refractivity contribution in [1.82, 2.24) is 10.2 Å². The Balaban J connectivity index is 1.64. The van der Waals surface area contributed by atoms with Gasteiger partial charge >= 0.3 is 0 Å². The molecule has 2 aromatic rings. The van der Waals surface area contributed by atoms with Gasteiger partial charge in [0.05, 0.1) is 11.7 Å². The quantitative estimate of drug-likeness (QED) is 0.800. The molecule has 6 nitrogen and oxygen atoms in total. The second-order valence-corrected chi connectivity index (χ2v) is 7.11. The van der Waals surface area contributed by atoms with E-state index in [-0.39, 0.29) is 31.0 Å². The number of carbonyl (C=O) groups excluding carboxylic acids is 2. The number of anilines is 1. The maximum atomic E-state index is 12.6. The molecule has 0 aliphatic carbocycles. The molecule has 1 aliphatic heterocycles. The van der Waals surface area contributed by atoms with E-state index >= 15 is 0 Å². The smallest absolute Gasteiger partial charge is 0.265 e. The van der Waals surface area contributed by atoms with Crippen LogP contribution in [0.25, 0.3) is 0 Å². The largest absolute Gasteiger partial charge is 0.482 e. The molecule has 148 valence electrons. The molecule has 1 heterocycles. The molecule has 0 saturated carbocycles. The Morgan fingerprint density at radius 3 is 2.57 bits per heavy atom. The van der Waals surface area contributed by atoms with Gasteiger partial charge in [-0.05, 0) is 43.8 Å². The van der Waals surface area contributed by atoms with Crippen LogP contribution in [0.2, 0.25) is 0 Å². The number of rotatable bonds is 7. The number of para-hydroxylation sites is 2. The van der Waals surface area contributed by atoms with Crippen LogP contribution in [0, 0.1) is 0 Å². The van der Waals surface area contributed by atoms with Gasteiger partial charge in [-0.2, -0.15) is 0 Å². The minimum atomic E-state index is -0.215. The van der Waals surface area contributed by atoms with E-state index in [1.807, 2.05) is 26.2 Å². The van der Waals surface area contributed by atoms with Crippen molar-refractivity contribution >= 4 is 17.5 Å². The van der Waals surface area contributed by atoms with Gasteiger partial charge in [0, 0.05) is 6.54 Å². The normalized spacial score (nSPS) is 14.4. The van der Waals surface area contributed by atoms with Crippen LogP contribution in [-0.4, -0.2) is 50.5 Å². The summed E-state index contributed by atoms with van der Waals surface area (Å²) < 4.78 is 5.42. The average molecular weight is 381 g/mol. The number of hydrogen-bond acceptors (Lipinski definition) is 4. The van der Waals surface area contributed by atoms with Crippen LogP contribution in [0.5, 0.6) is 5.75 Å². The molecular formula is C22H27N3O3. The van der Waals surface area contributed by atoms with Crippen LogP contribution in [0.3, 0.4) is 0 Å². The van der Waals surface area contributed by atoms with E-state index < -0.39 is 0 Å². The van der Waals surface area contributed by atoms with E-state index in [0.717, 1.165) is 12.0 Å². The van der Waals surface area contributed by atoms with Gasteiger partial charge in [-0.1, -0.05) is 43.3 Å². The van der Waals surface area contributed by atoms with Crippen LogP contribution < -0.4 is 15.0 Å². The van der Waals surface area contributed by atoms with Crippen molar-refractivity contribution in [3.63, 3.8) is 0 Å². The first-order valence-corrected chi connectivity index (χ1v) is 9.53. The minimum Gasteiger partial charge on any atom is -0.482 e. The molecule has 2 amide bonds. The first-order valence-electron chi connectivity index (χ1n) is 9.53. The number of likely N-dealkylation sites (N-methyl/N-ethyl adjacent to an activating group) is 1. The Labute approximate surface area is 166 Å². The van der Waals surface area contributed by atoms with Gasteiger partial charge in [0.1, 0.15) is 12.3 Å². The highest BCUT2D eigenvalue weighted by Crippen LogP contribution is 2.31. The Morgan fingerprint density at radius 1 is 1.18 bits per heavy atom. The second kappa shape index (κ2) is 8.89. The molecule has 1 aliphatic rings. The van der Waals surface area contributed by atoms with E-state index in [0.29, 0.717) is 18.0 Å². The van der Waals surface area contributed by atoms with Gasteiger partial charge in [0.15, 0.2) is 6.61 Å². The summed E-state index contributed by atoms with van der Waals surface area (Å²) in [6.07, 6.45) is 0.999. The first-order chi connectivity index (χ1) is 13.5. The average Bonchev–Trinajstić information content (AvgIpc) is 2.70. The number of nitrogens with zero attached hydrogens (tertiary/aromatic N) is 2. The third-order valence-electron chi connectivity index (χ3n) is 5.00. The molecule has 1 atom stereocenters. The summed E-state index contributed by atoms with van der Waals surface area (Å²) in [5.41, 5.74) is 3.07. The fraction of sp³-hybridized carbons (Fsp3) is 0.364. The van der Waals surface area contributed by atoms with Crippen molar-refractivity contribution < 1.29 is 14.3 Å². The van der Waals surface area contributed by atoms with E-state index in [2.05, 4.69) is 41.4 Å². The molecule has 0 spiro atoms. The molecule has 0 bridgehead atoms. The van der Waals surface area contributed by atoms with E-state index in [4.69, 9.17) is 4.74 Å². The third kappa shape index (κ3) is 4.51. The highest BCUT2D eigenvalue weighted by molar-refractivity contribution is 6.02. The lowest BCUT2D eigenvalue weighted by molar-refractivity contribution is -0.125. The number of hydrogen-bond donors (Lipinski definition) is 1. The summed E-state index contributed by atoms with van der Waals surface area (Å²) >= 11 is 0. The molecule has 0 unspecified atom stereocenters. The zero-order valence-electron chi connectivity index (χ0n) is 16.6. The highest BCUT2D eigenvalue weighted by atomic mass is 16.5. The fourth-order valence-corrected chi connectivity index (χ4v) is 3.31. The molecule has 28 heavy (non-hydrogen) atoms. The lowest BCUT2D eigenvalue weighted by atomic mass is 10.0. The van der Waals surface area contributed by atoms with Crippen molar-refractivity contribution in [3.05, 3.63) is 59.7 Å². The minimum absolute atomic E-state index is 0.0197. The Hall–Kier alpha value is -2.86. The monoisotopic (exact) mass is 381 g/mol. The standard InChI is InChI=1S/C22H27N3O3/c1-4-16-9-11-17(12-10-16)19(24(2)3)13-23-21(26)14-25-18-7-5-6-8-20(18)28-15-22(25)27/h5-12,19H,4,13-15H2,1-3H3,(H,23,26)/t19-/m1/s1. The summed E-state index contributed by atoms with van der Waals surface area (Å²) in [6, 6.07) is 15.8. The van der Waals surface area contributed by atoms with Gasteiger partial charge in [-0.3, -0.25) is 14.5 Å². The van der Waals surface area contributed by atoms with Gasteiger partial charge in [0.2, 0.25) is 5.91 Å². The predicted molar refractivity (Wildman–Crippen MR) is 110 cm³/mol. The lowest BCUT2D eigenvalue weighted by Gasteiger charge is -2.29. The second-order valence-electron chi connectivity index (χ2n) is 7.11. The lowest BCUT2D eigenvalue weighted by Crippen LogP contribution is -2.46. The summed E-state index contributed by atoms with van der Waals surface area (Å²) in [4.78, 5) is 28.4. The highest BCUT2D eigenvalue weighted by Gasteiger charge is 2.27. The predicted octanol–water partition coefficient (Wildman–Crippen LogP) is 2.39. The Bertz CT molecular complexity index is 833. The number of carbonyl (C=O) groups is 2. The first kappa shape index (κ1) is 19.9. The van der Waals surface area contributed by atoms with Crippen molar-refractivity contribution in [2.75, 3.05) is 38.7 Å². The number of fused-ring (bicyclic) bond motifs is 1. The van der Waals surface area contributed by atoms with E-state index in [9.17, 15) is 9.59 Å². The topological polar surface area (TPSA) is 61.9 Å². The van der Waals surface area contributed by atoms with Crippen molar-refractivity contribution in [1.29, 1.82) is 0 Å². The van der Waals surface area contributed by atoms with Crippen molar-refractivity contribution in [3.8, 4) is 5.75 Å². The van der Waals surface area contributed by atoms with Crippen LogP contribution in [0.15, 0.2) is 48.5 Å². The van der Waals surface area contributed by atoms with Crippen molar-refractivity contribution in [2.24, 2.45) is 0 Å². The molecule has 0 radical (unpaired) electrons. The van der Waals surface area contributed by atoms with Gasteiger partial charge in [-0.15, -0.1) is 0 Å². The molecule has 6 heteroatoms. The molecule has 0 fully saturated rings. The summed E-state index contributed by atoms with van der Waals surface area (Å²) in [5.74, 6) is 0.215. The number of amides is 2. The molecule has 3 rings (SSSR count). The van der Waals surface area contributed by atoms with E-state index in [1.54, 1.807) is 12.1 Å². The van der Waals surface area contributed by atoms with Gasteiger partial charge < -0.3 is 15.0 Å². The molecule has 0 saturated heterocycles. The fourth-order valence-electron chi connectivity index (χ4n) is 3.31. The Morgan fingerprint density at radius 2 is 1.89 bits per heavy atom.